The number of nitrogens with one attached hydrogen (secondary N) is 1. The van der Waals surface area contributed by atoms with E-state index in [2.05, 4.69) is 4.72 Å². The van der Waals surface area contributed by atoms with E-state index in [4.69, 9.17) is 14.2 Å². The minimum Gasteiger partial charge on any atom is -0.491 e. The van der Waals surface area contributed by atoms with Crippen LogP contribution in [-0.2, 0) is 26.0 Å². The maximum Gasteiger partial charge on any atom is 0.338 e. The summed E-state index contributed by atoms with van der Waals surface area (Å²) >= 11 is 0. The largest absolute Gasteiger partial charge is 0.491 e. The number of sulfonamides is 1. The van der Waals surface area contributed by atoms with Crippen molar-refractivity contribution in [2.24, 2.45) is 0 Å². The van der Waals surface area contributed by atoms with Gasteiger partial charge in [0.25, 0.3) is 0 Å². The van der Waals surface area contributed by atoms with E-state index >= 15 is 0 Å². The normalized spacial score (nSPS) is 11.2. The Labute approximate surface area is 165 Å². The Bertz CT molecular complexity index is 847. The van der Waals surface area contributed by atoms with Crippen molar-refractivity contribution in [3.05, 3.63) is 59.7 Å². The molecule has 0 aliphatic carbocycles. The number of carbonyl (C=O) groups excluding carboxylic acids is 1. The van der Waals surface area contributed by atoms with Crippen molar-refractivity contribution in [1.82, 2.24) is 4.72 Å². The van der Waals surface area contributed by atoms with Crippen LogP contribution in [-0.4, -0.2) is 40.8 Å². The van der Waals surface area contributed by atoms with E-state index in [0.29, 0.717) is 37.7 Å². The van der Waals surface area contributed by atoms with Crippen LogP contribution in [0.5, 0.6) is 5.75 Å². The highest BCUT2D eigenvalue weighted by Gasteiger charge is 2.14. The first-order valence-corrected chi connectivity index (χ1v) is 10.5. The molecule has 8 heteroatoms. The van der Waals surface area contributed by atoms with Gasteiger partial charge in [0, 0.05) is 13.2 Å². The lowest BCUT2D eigenvalue weighted by atomic mass is 10.1. The molecule has 0 radical (unpaired) electrons. The Kier molecular flexibility index (Phi) is 8.43. The predicted molar refractivity (Wildman–Crippen MR) is 105 cm³/mol. The zero-order valence-electron chi connectivity index (χ0n) is 16.0. The number of ether oxygens (including phenoxy) is 3. The summed E-state index contributed by atoms with van der Waals surface area (Å²) in [5.41, 5.74) is 1.15. The molecule has 0 aliphatic rings. The Morgan fingerprint density at radius 1 is 0.929 bits per heavy atom. The second kappa shape index (κ2) is 10.8. The van der Waals surface area contributed by atoms with Crippen LogP contribution in [0.2, 0.25) is 0 Å². The lowest BCUT2D eigenvalue weighted by molar-refractivity contribution is 0.0526. The zero-order valence-corrected chi connectivity index (χ0v) is 16.8. The maximum atomic E-state index is 12.4. The number of benzene rings is 2. The average Bonchev–Trinajstić information content (AvgIpc) is 2.71. The molecule has 0 aliphatic heterocycles. The third-order valence-corrected chi connectivity index (χ3v) is 5.18. The lowest BCUT2D eigenvalue weighted by Crippen LogP contribution is -2.23. The van der Waals surface area contributed by atoms with E-state index in [1.54, 1.807) is 43.3 Å². The Morgan fingerprint density at radius 3 is 2.21 bits per heavy atom. The molecular weight excluding hydrogens is 382 g/mol. The molecular formula is C20H25NO6S. The summed E-state index contributed by atoms with van der Waals surface area (Å²) < 4.78 is 43.0. The monoisotopic (exact) mass is 407 g/mol. The number of hydrogen-bond acceptors (Lipinski definition) is 6. The topological polar surface area (TPSA) is 90.9 Å². The van der Waals surface area contributed by atoms with Crippen molar-refractivity contribution in [1.29, 1.82) is 0 Å². The number of rotatable bonds is 11. The maximum absolute atomic E-state index is 12.4. The van der Waals surface area contributed by atoms with Crippen LogP contribution in [0, 0.1) is 0 Å². The molecule has 28 heavy (non-hydrogen) atoms. The molecule has 0 unspecified atom stereocenters. The molecule has 2 aromatic rings. The van der Waals surface area contributed by atoms with Crippen LogP contribution in [0.25, 0.3) is 0 Å². The smallest absolute Gasteiger partial charge is 0.338 e. The third kappa shape index (κ3) is 6.63. The molecule has 0 amide bonds. The van der Waals surface area contributed by atoms with Crippen LogP contribution >= 0.6 is 0 Å². The van der Waals surface area contributed by atoms with E-state index in [0.717, 1.165) is 5.56 Å². The lowest BCUT2D eigenvalue weighted by Gasteiger charge is -2.09. The minimum atomic E-state index is -3.66. The van der Waals surface area contributed by atoms with Gasteiger partial charge in [-0.1, -0.05) is 12.1 Å². The molecule has 0 heterocycles. The Balaban J connectivity index is 1.91. The van der Waals surface area contributed by atoms with E-state index in [1.807, 2.05) is 6.92 Å². The fraction of sp³-hybridized carbons (Fsp3) is 0.350. The fourth-order valence-electron chi connectivity index (χ4n) is 2.31. The molecule has 0 saturated carbocycles. The second-order valence-corrected chi connectivity index (χ2v) is 7.53. The summed E-state index contributed by atoms with van der Waals surface area (Å²) in [4.78, 5) is 11.8. The van der Waals surface area contributed by atoms with Crippen molar-refractivity contribution in [2.45, 2.75) is 25.3 Å². The van der Waals surface area contributed by atoms with Gasteiger partial charge in [0.05, 0.1) is 23.7 Å². The second-order valence-electron chi connectivity index (χ2n) is 5.76. The van der Waals surface area contributed by atoms with Gasteiger partial charge in [-0.05, 0) is 55.8 Å². The van der Waals surface area contributed by atoms with Crippen LogP contribution in [0.15, 0.2) is 53.4 Å². The summed E-state index contributed by atoms with van der Waals surface area (Å²) in [5.74, 6) is 0.173. The first-order chi connectivity index (χ1) is 13.5. The van der Waals surface area contributed by atoms with E-state index in [9.17, 15) is 13.2 Å². The number of carbonyl (C=O) groups is 1. The Morgan fingerprint density at radius 2 is 1.61 bits per heavy atom. The van der Waals surface area contributed by atoms with Gasteiger partial charge in [0.2, 0.25) is 10.0 Å². The van der Waals surface area contributed by atoms with Gasteiger partial charge in [-0.15, -0.1) is 0 Å². The zero-order chi connectivity index (χ0) is 20.4. The Hall–Kier alpha value is -2.42. The highest BCUT2D eigenvalue weighted by atomic mass is 32.2. The molecule has 0 aromatic heterocycles. The predicted octanol–water partition coefficient (Wildman–Crippen LogP) is 2.76. The molecule has 0 saturated heterocycles. The summed E-state index contributed by atoms with van der Waals surface area (Å²) in [6.45, 7) is 5.56. The summed E-state index contributed by atoms with van der Waals surface area (Å²) in [6, 6.07) is 12.8. The van der Waals surface area contributed by atoms with Crippen molar-refractivity contribution >= 4 is 16.0 Å². The van der Waals surface area contributed by atoms with Crippen LogP contribution in [0.1, 0.15) is 29.8 Å². The summed E-state index contributed by atoms with van der Waals surface area (Å²) in [6.07, 6.45) is 0. The molecule has 0 spiro atoms. The average molecular weight is 407 g/mol. The molecule has 2 aromatic carbocycles. The highest BCUT2D eigenvalue weighted by molar-refractivity contribution is 7.89. The van der Waals surface area contributed by atoms with Crippen molar-refractivity contribution in [2.75, 3.05) is 26.4 Å². The SMILES string of the molecule is CCOCCOc1ccc(S(=O)(=O)NCc2ccc(C(=O)OCC)cc2)cc1. The van der Waals surface area contributed by atoms with Gasteiger partial charge >= 0.3 is 5.97 Å². The van der Waals surface area contributed by atoms with Gasteiger partial charge in [-0.3, -0.25) is 0 Å². The van der Waals surface area contributed by atoms with Crippen LogP contribution in [0.3, 0.4) is 0 Å². The van der Waals surface area contributed by atoms with Gasteiger partial charge in [0.15, 0.2) is 0 Å². The molecule has 0 fully saturated rings. The standard InChI is InChI=1S/C20H25NO6S/c1-3-25-13-14-27-18-9-11-19(12-10-18)28(23,24)21-15-16-5-7-17(8-6-16)20(22)26-4-2/h5-12,21H,3-4,13-15H2,1-2H3. The minimum absolute atomic E-state index is 0.109. The van der Waals surface area contributed by atoms with Gasteiger partial charge in [-0.2, -0.15) is 0 Å². The fourth-order valence-corrected chi connectivity index (χ4v) is 3.33. The van der Waals surface area contributed by atoms with Crippen LogP contribution < -0.4 is 9.46 Å². The van der Waals surface area contributed by atoms with Crippen molar-refractivity contribution < 1.29 is 27.4 Å². The third-order valence-electron chi connectivity index (χ3n) is 3.77. The quantitative estimate of drug-likeness (QED) is 0.455. The summed E-state index contributed by atoms with van der Waals surface area (Å²) in [5, 5.41) is 0. The molecule has 7 nitrogen and oxygen atoms in total. The molecule has 1 N–H and O–H groups in total. The summed E-state index contributed by atoms with van der Waals surface area (Å²) in [7, 11) is -3.66. The molecule has 0 bridgehead atoms. The molecule has 152 valence electrons. The molecule has 0 atom stereocenters. The van der Waals surface area contributed by atoms with Crippen molar-refractivity contribution in [3.8, 4) is 5.75 Å². The number of esters is 1. The van der Waals surface area contributed by atoms with Gasteiger partial charge in [0.1, 0.15) is 12.4 Å². The first-order valence-electron chi connectivity index (χ1n) is 9.02. The van der Waals surface area contributed by atoms with E-state index in [-0.39, 0.29) is 11.4 Å². The first kappa shape index (κ1) is 21.9. The van der Waals surface area contributed by atoms with Gasteiger partial charge < -0.3 is 14.2 Å². The van der Waals surface area contributed by atoms with E-state index in [1.165, 1.54) is 12.1 Å². The van der Waals surface area contributed by atoms with Crippen LogP contribution in [0.4, 0.5) is 0 Å². The van der Waals surface area contributed by atoms with E-state index < -0.39 is 16.0 Å². The van der Waals surface area contributed by atoms with Gasteiger partial charge in [-0.25, -0.2) is 17.9 Å². The highest BCUT2D eigenvalue weighted by Crippen LogP contribution is 2.16. The number of hydrogen-bond donors (Lipinski definition) is 1. The molecule has 2 rings (SSSR count). The van der Waals surface area contributed by atoms with Crippen molar-refractivity contribution in [3.63, 3.8) is 0 Å².